The van der Waals surface area contributed by atoms with Crippen molar-refractivity contribution in [1.82, 2.24) is 15.1 Å². The molecular weight excluding hydrogens is 471 g/mol. The number of piperidine rings is 1. The highest BCUT2D eigenvalue weighted by Gasteiger charge is 2.40. The first kappa shape index (κ1) is 25.1. The van der Waals surface area contributed by atoms with Gasteiger partial charge in [-0.15, -0.1) is 0 Å². The molecule has 0 aromatic heterocycles. The van der Waals surface area contributed by atoms with E-state index >= 15 is 0 Å². The Labute approximate surface area is 218 Å². The topological polar surface area (TPSA) is 105 Å². The van der Waals surface area contributed by atoms with Gasteiger partial charge in [-0.2, -0.15) is 0 Å². The maximum absolute atomic E-state index is 13.0. The first-order chi connectivity index (χ1) is 17.7. The molecule has 2 aromatic carbocycles. The van der Waals surface area contributed by atoms with Crippen molar-refractivity contribution in [3.05, 3.63) is 46.5 Å². The number of morpholine rings is 1. The van der Waals surface area contributed by atoms with Crippen LogP contribution >= 0.6 is 0 Å². The van der Waals surface area contributed by atoms with E-state index in [0.29, 0.717) is 52.1 Å². The summed E-state index contributed by atoms with van der Waals surface area (Å²) in [6.07, 6.45) is 0.454. The second-order valence-corrected chi connectivity index (χ2v) is 9.27. The van der Waals surface area contributed by atoms with Gasteiger partial charge >= 0.3 is 0 Å². The average molecular weight is 493 g/mol. The molecule has 0 spiro atoms. The van der Waals surface area contributed by atoms with Gasteiger partial charge in [-0.3, -0.25) is 24.5 Å². The number of benzene rings is 2. The number of nitrogens with one attached hydrogen (secondary N) is 1. The molecule has 1 N–H and O–H groups in total. The third-order valence-corrected chi connectivity index (χ3v) is 6.99. The Hall–Kier alpha value is -3.53. The lowest BCUT2D eigenvalue weighted by atomic mass is 9.70. The van der Waals surface area contributed by atoms with Crippen molar-refractivity contribution < 1.29 is 28.7 Å². The van der Waals surface area contributed by atoms with Crippen LogP contribution in [0.15, 0.2) is 24.3 Å². The summed E-state index contributed by atoms with van der Waals surface area (Å²) in [5.41, 5.74) is 3.22. The van der Waals surface area contributed by atoms with E-state index in [2.05, 4.69) is 5.32 Å². The minimum absolute atomic E-state index is 0.0199. The minimum atomic E-state index is -0.716. The number of hydrogen-bond acceptors (Lipinski definition) is 6. The maximum atomic E-state index is 13.0. The van der Waals surface area contributed by atoms with Gasteiger partial charge in [-0.1, -0.05) is 28.5 Å². The van der Waals surface area contributed by atoms with Gasteiger partial charge in [0.15, 0.2) is 0 Å². The van der Waals surface area contributed by atoms with Crippen molar-refractivity contribution >= 4 is 63.6 Å². The Morgan fingerprint density at radius 1 is 1.11 bits per heavy atom. The zero-order valence-electron chi connectivity index (χ0n) is 20.1. The van der Waals surface area contributed by atoms with Crippen molar-refractivity contribution in [2.24, 2.45) is 0 Å². The largest absolute Gasteiger partial charge is 0.489 e. The van der Waals surface area contributed by atoms with E-state index in [1.807, 2.05) is 0 Å². The summed E-state index contributed by atoms with van der Waals surface area (Å²) in [6, 6.07) is 6.08. The summed E-state index contributed by atoms with van der Waals surface area (Å²) in [5.74, 6) is -0.773. The molecule has 6 radical (unpaired) electrons. The maximum Gasteiger partial charge on any atom is 0.255 e. The number of carbonyl (C=O) groups is 4. The Morgan fingerprint density at radius 2 is 1.92 bits per heavy atom. The van der Waals surface area contributed by atoms with E-state index < -0.39 is 11.9 Å². The summed E-state index contributed by atoms with van der Waals surface area (Å²) in [4.78, 5) is 52.1. The molecule has 2 fully saturated rings. The number of fused-ring (bicyclic) bond motifs is 1. The Morgan fingerprint density at radius 3 is 2.68 bits per heavy atom. The van der Waals surface area contributed by atoms with E-state index in [4.69, 9.17) is 33.0 Å². The fraction of sp³-hybridized carbons (Fsp3) is 0.360. The van der Waals surface area contributed by atoms with Crippen LogP contribution in [0.3, 0.4) is 0 Å². The van der Waals surface area contributed by atoms with Gasteiger partial charge in [0, 0.05) is 30.6 Å². The Kier molecular flexibility index (Phi) is 6.85. The Balaban J connectivity index is 1.32. The molecular formula is C25H22B3N3O6. The standard InChI is InChI=1S/C25H22B3N3O6/c26-17-8-13(22(27)23(28)16(17)9-30-6-7-36-12-21(30)33)11-37-19-3-1-2-14-15(19)10-31(25(14)35)18-4-5-20(32)29-24(18)34/h1-3,8,18H,4-7,9-12H2,(H,29,32,34). The molecule has 0 aliphatic carbocycles. The highest BCUT2D eigenvalue weighted by molar-refractivity contribution is 6.51. The summed E-state index contributed by atoms with van der Waals surface area (Å²) < 4.78 is 11.2. The first-order valence-corrected chi connectivity index (χ1v) is 11.9. The number of imide groups is 1. The molecule has 3 aliphatic heterocycles. The predicted octanol–water partition coefficient (Wildman–Crippen LogP) is -2.23. The SMILES string of the molecule is [B]c1cc(COc2cccc3c2CN(C2CCC(=O)NC2=O)C3=O)c([B])c([B])c1CN1CCOCC1=O. The summed E-state index contributed by atoms with van der Waals surface area (Å²) in [6.45, 7) is 1.36. The summed E-state index contributed by atoms with van der Waals surface area (Å²) >= 11 is 0. The number of rotatable bonds is 6. The normalized spacial score (nSPS) is 19.7. The van der Waals surface area contributed by atoms with Gasteiger partial charge in [0.25, 0.3) is 5.91 Å². The predicted molar refractivity (Wildman–Crippen MR) is 136 cm³/mol. The highest BCUT2D eigenvalue weighted by atomic mass is 16.5. The Bertz CT molecular complexity index is 1320. The van der Waals surface area contributed by atoms with Gasteiger partial charge in [-0.25, -0.2) is 0 Å². The van der Waals surface area contributed by atoms with Crippen molar-refractivity contribution in [3.63, 3.8) is 0 Å². The van der Waals surface area contributed by atoms with Crippen LogP contribution < -0.4 is 26.4 Å². The average Bonchev–Trinajstić information content (AvgIpc) is 3.21. The van der Waals surface area contributed by atoms with Crippen LogP contribution in [0.5, 0.6) is 5.75 Å². The summed E-state index contributed by atoms with van der Waals surface area (Å²) in [7, 11) is 18.9. The van der Waals surface area contributed by atoms with E-state index in [-0.39, 0.29) is 62.3 Å². The number of nitrogens with zero attached hydrogens (tertiary/aromatic N) is 2. The molecule has 1 unspecified atom stereocenters. The molecule has 1 atom stereocenters. The second-order valence-electron chi connectivity index (χ2n) is 9.27. The van der Waals surface area contributed by atoms with Gasteiger partial charge in [0.2, 0.25) is 17.7 Å². The number of hydrogen-bond donors (Lipinski definition) is 1. The van der Waals surface area contributed by atoms with E-state index in [1.54, 1.807) is 29.2 Å². The molecule has 3 aliphatic rings. The molecule has 37 heavy (non-hydrogen) atoms. The van der Waals surface area contributed by atoms with Gasteiger partial charge < -0.3 is 19.3 Å². The van der Waals surface area contributed by atoms with Gasteiger partial charge in [0.1, 0.15) is 48.5 Å². The van der Waals surface area contributed by atoms with Crippen molar-refractivity contribution in [1.29, 1.82) is 0 Å². The fourth-order valence-electron chi connectivity index (χ4n) is 4.90. The number of amides is 4. The third-order valence-electron chi connectivity index (χ3n) is 6.99. The van der Waals surface area contributed by atoms with Crippen LogP contribution in [0.25, 0.3) is 0 Å². The smallest absolute Gasteiger partial charge is 0.255 e. The molecule has 0 saturated carbocycles. The quantitative estimate of drug-likeness (QED) is 0.361. The molecule has 5 rings (SSSR count). The van der Waals surface area contributed by atoms with Gasteiger partial charge in [0.05, 0.1) is 13.2 Å². The first-order valence-electron chi connectivity index (χ1n) is 11.9. The zero-order valence-corrected chi connectivity index (χ0v) is 20.1. The molecule has 2 aromatic rings. The van der Waals surface area contributed by atoms with Crippen LogP contribution in [0.1, 0.15) is 39.9 Å². The van der Waals surface area contributed by atoms with Gasteiger partial charge in [-0.05, 0) is 29.7 Å². The molecule has 12 heteroatoms. The highest BCUT2D eigenvalue weighted by Crippen LogP contribution is 2.33. The van der Waals surface area contributed by atoms with Crippen molar-refractivity contribution in [3.8, 4) is 5.75 Å². The third kappa shape index (κ3) is 4.77. The molecule has 3 heterocycles. The lowest BCUT2D eigenvalue weighted by molar-refractivity contribution is -0.143. The van der Waals surface area contributed by atoms with E-state index in [1.165, 1.54) is 4.90 Å². The summed E-state index contributed by atoms with van der Waals surface area (Å²) in [5, 5.41) is 2.30. The lowest BCUT2D eigenvalue weighted by Gasteiger charge is -2.29. The van der Waals surface area contributed by atoms with E-state index in [9.17, 15) is 19.2 Å². The second kappa shape index (κ2) is 10.1. The molecule has 0 bridgehead atoms. The van der Waals surface area contributed by atoms with Crippen LogP contribution in [0.2, 0.25) is 0 Å². The molecule has 182 valence electrons. The molecule has 9 nitrogen and oxygen atoms in total. The lowest BCUT2D eigenvalue weighted by Crippen LogP contribution is -2.52. The van der Waals surface area contributed by atoms with Crippen LogP contribution in [0, 0.1) is 0 Å². The minimum Gasteiger partial charge on any atom is -0.489 e. The van der Waals surface area contributed by atoms with Crippen LogP contribution in [-0.4, -0.2) is 82.8 Å². The van der Waals surface area contributed by atoms with Crippen LogP contribution in [-0.2, 0) is 38.8 Å². The zero-order chi connectivity index (χ0) is 26.3. The van der Waals surface area contributed by atoms with Crippen LogP contribution in [0.4, 0.5) is 0 Å². The number of carbonyl (C=O) groups excluding carboxylic acids is 4. The van der Waals surface area contributed by atoms with Crippen molar-refractivity contribution in [2.45, 2.75) is 38.6 Å². The molecule has 2 saturated heterocycles. The number of ether oxygens (including phenoxy) is 2. The fourth-order valence-corrected chi connectivity index (χ4v) is 4.90. The monoisotopic (exact) mass is 493 g/mol. The van der Waals surface area contributed by atoms with E-state index in [0.717, 1.165) is 0 Å². The molecule has 4 amide bonds. The van der Waals surface area contributed by atoms with Crippen molar-refractivity contribution in [2.75, 3.05) is 19.8 Å².